The van der Waals surface area contributed by atoms with Crippen LogP contribution in [0.15, 0.2) is 146 Å². The smallest absolute Gasteiger partial charge is 0.313 e. The Hall–Kier alpha value is -5.64. The molecule has 3 aliphatic carbocycles. The predicted octanol–water partition coefficient (Wildman–Crippen LogP) is 15.7. The molecule has 6 aromatic carbocycles. The van der Waals surface area contributed by atoms with E-state index < -0.39 is 35.5 Å². The van der Waals surface area contributed by atoms with Gasteiger partial charge in [-0.25, -0.2) is 13.2 Å². The molecule has 3 nitrogen and oxygen atoms in total. The molecule has 3 heterocycles. The molecule has 0 spiro atoms. The van der Waals surface area contributed by atoms with Gasteiger partial charge in [0, 0.05) is 34.4 Å². The lowest BCUT2D eigenvalue weighted by atomic mass is 9.63. The predicted molar refractivity (Wildman–Crippen MR) is 293 cm³/mol. The summed E-state index contributed by atoms with van der Waals surface area (Å²) in [6, 6.07) is 45.0. The summed E-state index contributed by atoms with van der Waals surface area (Å²) in [5.41, 5.74) is -1.86. The molecule has 3 saturated heterocycles. The minimum Gasteiger partial charge on any atom is -0.313 e. The van der Waals surface area contributed by atoms with Gasteiger partial charge < -0.3 is 16.0 Å². The average molecular weight is 1130 g/mol. The second kappa shape index (κ2) is 21.8. The monoisotopic (exact) mass is 1130 g/mol. The zero-order valence-electron chi connectivity index (χ0n) is 45.7. The van der Waals surface area contributed by atoms with E-state index in [0.29, 0.717) is 58.2 Å². The minimum absolute atomic E-state index is 0.140. The van der Waals surface area contributed by atoms with Crippen molar-refractivity contribution in [3.63, 3.8) is 0 Å². The fraction of sp³-hybridized carbons (Fsp3) is 0.455. The maximum Gasteiger partial charge on any atom is 0.426 e. The van der Waals surface area contributed by atoms with Gasteiger partial charge in [-0.3, -0.25) is 0 Å². The zero-order chi connectivity index (χ0) is 57.9. The lowest BCUT2D eigenvalue weighted by molar-refractivity contribution is -0.229. The highest BCUT2D eigenvalue weighted by Crippen LogP contribution is 2.52. The molecule has 12 rings (SSSR count). The third-order valence-corrected chi connectivity index (χ3v) is 19.2. The van der Waals surface area contributed by atoms with Crippen molar-refractivity contribution in [2.75, 3.05) is 19.6 Å². The maximum atomic E-state index is 14.5. The second-order valence-electron chi connectivity index (χ2n) is 24.0. The first-order chi connectivity index (χ1) is 38.2. The largest absolute Gasteiger partial charge is 0.426 e. The van der Waals surface area contributed by atoms with Gasteiger partial charge >= 0.3 is 18.5 Å². The Morgan fingerprint density at radius 2 is 0.605 bits per heavy atom. The highest BCUT2D eigenvalue weighted by atomic mass is 19.4. The van der Waals surface area contributed by atoms with Crippen LogP contribution < -0.4 is 16.0 Å². The van der Waals surface area contributed by atoms with Gasteiger partial charge in [-0.2, -0.15) is 39.5 Å². The lowest BCUT2D eigenvalue weighted by Crippen LogP contribution is -2.46. The molecule has 0 aromatic heterocycles. The van der Waals surface area contributed by atoms with Gasteiger partial charge in [0.2, 0.25) is 17.0 Å². The normalized spacial score (nSPS) is 26.9. The first kappa shape index (κ1) is 58.6. The molecule has 0 radical (unpaired) electrons. The van der Waals surface area contributed by atoms with E-state index in [1.54, 1.807) is 18.2 Å². The van der Waals surface area contributed by atoms with Crippen molar-refractivity contribution in [3.8, 4) is 0 Å². The van der Waals surface area contributed by atoms with Crippen molar-refractivity contribution < 1.29 is 52.7 Å². The van der Waals surface area contributed by atoms with Crippen LogP contribution in [0.3, 0.4) is 0 Å². The topological polar surface area (TPSA) is 36.1 Å². The molecule has 3 aliphatic heterocycles. The number of halogens is 12. The van der Waals surface area contributed by atoms with Gasteiger partial charge in [-0.1, -0.05) is 146 Å². The van der Waals surface area contributed by atoms with Crippen molar-refractivity contribution >= 4 is 0 Å². The van der Waals surface area contributed by atoms with E-state index in [4.69, 9.17) is 0 Å². The SMILES string of the molecule is CC(F)(c1ccc2c(c1)CCC1NCCC21Cc1ccccc1)C(F)(F)F.CC(F)(c1ccc2c(c1)CC[C@@H]1NCC[C@]21Cc1ccccc1)C(F)(F)F.CC(F)(c1ccc2c(c1)CC[C@H]1NCC[C@@]21Cc1ccccc1)C(F)(F)F. The van der Waals surface area contributed by atoms with Gasteiger partial charge in [-0.05, 0) is 184 Å². The standard InChI is InChI=1S/3C22H23F4N/c3*1-20(23,22(24,25)26)17-8-9-18-16(13-17)7-10-19-21(18,11-12-27-19)14-15-5-3-2-4-6-15/h3*2-6,8-9,13,19,27H,7,10-12,14H2,1H3/t2*19-,20?,21-;/m10./s1. The fourth-order valence-electron chi connectivity index (χ4n) is 14.5. The summed E-state index contributed by atoms with van der Waals surface area (Å²) in [5.74, 6) is 0. The summed E-state index contributed by atoms with van der Waals surface area (Å²) in [6.45, 7) is 4.50. The van der Waals surface area contributed by atoms with Crippen LogP contribution in [0.25, 0.3) is 0 Å². The van der Waals surface area contributed by atoms with Crippen LogP contribution in [0.1, 0.15) is 126 Å². The van der Waals surface area contributed by atoms with Crippen molar-refractivity contribution in [3.05, 3.63) is 212 Å². The van der Waals surface area contributed by atoms with Gasteiger partial charge in [-0.15, -0.1) is 0 Å². The minimum atomic E-state index is -4.92. The van der Waals surface area contributed by atoms with Crippen LogP contribution in [-0.4, -0.2) is 56.3 Å². The van der Waals surface area contributed by atoms with Gasteiger partial charge in [0.05, 0.1) is 0 Å². The van der Waals surface area contributed by atoms with Crippen LogP contribution >= 0.6 is 0 Å². The summed E-state index contributed by atoms with van der Waals surface area (Å²) in [5, 5.41) is 10.7. The van der Waals surface area contributed by atoms with Gasteiger partial charge in [0.15, 0.2) is 0 Å². The van der Waals surface area contributed by atoms with E-state index in [9.17, 15) is 52.7 Å². The molecule has 0 saturated carbocycles. The number of hydrogen-bond donors (Lipinski definition) is 3. The Bertz CT molecular complexity index is 2820. The summed E-state index contributed by atoms with van der Waals surface area (Å²) < 4.78 is 162. The van der Waals surface area contributed by atoms with E-state index in [-0.39, 0.29) is 32.9 Å². The number of fused-ring (bicyclic) bond motifs is 9. The summed E-state index contributed by atoms with van der Waals surface area (Å²) in [7, 11) is 0. The lowest BCUT2D eigenvalue weighted by Gasteiger charge is -2.42. The summed E-state index contributed by atoms with van der Waals surface area (Å²) in [6.07, 6.45) is -4.85. The Kier molecular flexibility index (Phi) is 15.8. The third kappa shape index (κ3) is 10.9. The average Bonchev–Trinajstić information content (AvgIpc) is 4.36. The number of hydrogen-bond acceptors (Lipinski definition) is 3. The van der Waals surface area contributed by atoms with Crippen LogP contribution in [0.5, 0.6) is 0 Å². The molecular formula is C66H69F12N3. The van der Waals surface area contributed by atoms with Crippen molar-refractivity contribution in [1.29, 1.82) is 0 Å². The molecule has 6 aliphatic rings. The molecule has 6 aromatic rings. The molecule has 0 amide bonds. The van der Waals surface area contributed by atoms with Gasteiger partial charge in [0.25, 0.3) is 0 Å². The summed E-state index contributed by atoms with van der Waals surface area (Å²) in [4.78, 5) is 0. The first-order valence-corrected chi connectivity index (χ1v) is 28.2. The Labute approximate surface area is 466 Å². The molecule has 3 fully saturated rings. The zero-order valence-corrected chi connectivity index (χ0v) is 45.7. The van der Waals surface area contributed by atoms with Gasteiger partial charge in [0.1, 0.15) is 0 Å². The van der Waals surface area contributed by atoms with E-state index in [0.717, 1.165) is 111 Å². The number of aryl methyl sites for hydroxylation is 3. The van der Waals surface area contributed by atoms with Crippen LogP contribution in [0, 0.1) is 0 Å². The van der Waals surface area contributed by atoms with Crippen molar-refractivity contribution in [2.45, 2.75) is 168 Å². The van der Waals surface area contributed by atoms with Crippen LogP contribution in [-0.2, 0) is 71.8 Å². The summed E-state index contributed by atoms with van der Waals surface area (Å²) >= 11 is 0. The molecule has 9 atom stereocenters. The van der Waals surface area contributed by atoms with Crippen LogP contribution in [0.2, 0.25) is 0 Å². The van der Waals surface area contributed by atoms with E-state index in [1.165, 1.54) is 53.1 Å². The fourth-order valence-corrected chi connectivity index (χ4v) is 14.5. The molecule has 432 valence electrons. The van der Waals surface area contributed by atoms with Crippen LogP contribution in [0.4, 0.5) is 52.7 Å². The molecular weight excluding hydrogens is 1060 g/mol. The number of nitrogens with one attached hydrogen (secondary N) is 3. The number of alkyl halides is 12. The highest BCUT2D eigenvalue weighted by molar-refractivity contribution is 5.49. The number of rotatable bonds is 9. The van der Waals surface area contributed by atoms with Crippen molar-refractivity contribution in [2.24, 2.45) is 0 Å². The first-order valence-electron chi connectivity index (χ1n) is 28.2. The molecule has 5 unspecified atom stereocenters. The van der Waals surface area contributed by atoms with E-state index in [2.05, 4.69) is 52.3 Å². The molecule has 81 heavy (non-hydrogen) atoms. The Balaban J connectivity index is 0.000000136. The maximum absolute atomic E-state index is 14.5. The molecule has 0 bridgehead atoms. The number of benzene rings is 6. The van der Waals surface area contributed by atoms with E-state index >= 15 is 0 Å². The van der Waals surface area contributed by atoms with Crippen molar-refractivity contribution in [1.82, 2.24) is 16.0 Å². The molecule has 15 heteroatoms. The molecule has 3 N–H and O–H groups in total. The Morgan fingerprint density at radius 1 is 0.358 bits per heavy atom. The quantitative estimate of drug-likeness (QED) is 0.126. The van der Waals surface area contributed by atoms with E-state index in [1.807, 2.05) is 54.6 Å². The third-order valence-electron chi connectivity index (χ3n) is 19.2. The highest BCUT2D eigenvalue weighted by Gasteiger charge is 2.57. The second-order valence-corrected chi connectivity index (χ2v) is 24.0. The Morgan fingerprint density at radius 3 is 0.840 bits per heavy atom.